The summed E-state index contributed by atoms with van der Waals surface area (Å²) in [6.07, 6.45) is 31.1. The minimum Gasteiger partial charge on any atom is -0.481 e. The highest BCUT2D eigenvalue weighted by atomic mass is 16.4. The molecule has 0 saturated heterocycles. The summed E-state index contributed by atoms with van der Waals surface area (Å²) in [4.78, 5) is 11.6. The third kappa shape index (κ3) is 25.9. The predicted molar refractivity (Wildman–Crippen MR) is 147 cm³/mol. The average Bonchev–Trinajstić information content (AvgIpc) is 2.75. The topological polar surface area (TPSA) is 37.3 Å². The van der Waals surface area contributed by atoms with E-state index in [1.807, 2.05) is 0 Å². The molecule has 0 aromatic heterocycles. The fraction of sp³-hybridized carbons (Fsp3) is 0.968. The highest BCUT2D eigenvalue weighted by Crippen LogP contribution is 2.23. The van der Waals surface area contributed by atoms with Crippen molar-refractivity contribution < 1.29 is 9.90 Å². The molecule has 198 valence electrons. The summed E-state index contributed by atoms with van der Waals surface area (Å²) in [5, 5.41) is 9.54. The van der Waals surface area contributed by atoms with Gasteiger partial charge in [-0.05, 0) is 24.7 Å². The Kier molecular flexibility index (Phi) is 22.9. The number of carbonyl (C=O) groups is 1. The number of carboxylic acid groups (broad SMARTS) is 1. The quantitative estimate of drug-likeness (QED) is 0.136. The lowest BCUT2D eigenvalue weighted by Gasteiger charge is -2.17. The summed E-state index contributed by atoms with van der Waals surface area (Å²) >= 11 is 0. The zero-order valence-electron chi connectivity index (χ0n) is 23.4. The zero-order valence-corrected chi connectivity index (χ0v) is 23.4. The van der Waals surface area contributed by atoms with Crippen molar-refractivity contribution in [2.45, 2.75) is 182 Å². The Morgan fingerprint density at radius 1 is 0.545 bits per heavy atom. The maximum Gasteiger partial charge on any atom is 0.306 e. The first-order valence-electron chi connectivity index (χ1n) is 15.1. The molecule has 0 amide bonds. The fourth-order valence-corrected chi connectivity index (χ4v) is 4.91. The summed E-state index contributed by atoms with van der Waals surface area (Å²) in [6.45, 7) is 9.25. The largest absolute Gasteiger partial charge is 0.481 e. The Morgan fingerprint density at radius 3 is 1.15 bits per heavy atom. The molecule has 0 aliphatic carbocycles. The first-order valence-corrected chi connectivity index (χ1v) is 15.1. The van der Waals surface area contributed by atoms with Crippen LogP contribution in [-0.4, -0.2) is 11.1 Å². The van der Waals surface area contributed by atoms with Gasteiger partial charge in [0.2, 0.25) is 0 Å². The Balaban J connectivity index is 3.46. The van der Waals surface area contributed by atoms with Crippen LogP contribution in [0.5, 0.6) is 0 Å². The van der Waals surface area contributed by atoms with Gasteiger partial charge in [-0.15, -0.1) is 0 Å². The van der Waals surface area contributed by atoms with Crippen LogP contribution < -0.4 is 0 Å². The zero-order chi connectivity index (χ0) is 24.6. The van der Waals surface area contributed by atoms with Gasteiger partial charge >= 0.3 is 5.97 Å². The molecule has 0 aliphatic heterocycles. The second-order valence-electron chi connectivity index (χ2n) is 12.0. The molecule has 0 radical (unpaired) electrons. The number of unbranched alkanes of at least 4 members (excludes halogenated alkanes) is 19. The van der Waals surface area contributed by atoms with Gasteiger partial charge in [-0.25, -0.2) is 0 Å². The maximum absolute atomic E-state index is 11.6. The van der Waals surface area contributed by atoms with Crippen LogP contribution in [0.25, 0.3) is 0 Å². The minimum atomic E-state index is -0.563. The van der Waals surface area contributed by atoms with Crippen LogP contribution in [-0.2, 0) is 4.79 Å². The van der Waals surface area contributed by atoms with E-state index in [1.165, 1.54) is 128 Å². The van der Waals surface area contributed by atoms with Gasteiger partial charge in [0, 0.05) is 0 Å². The van der Waals surface area contributed by atoms with E-state index in [9.17, 15) is 9.90 Å². The molecule has 0 bridgehead atoms. The molecule has 0 rings (SSSR count). The Hall–Kier alpha value is -0.530. The molecule has 0 aromatic rings. The number of aliphatic carboxylic acids is 1. The van der Waals surface area contributed by atoms with E-state index >= 15 is 0 Å². The van der Waals surface area contributed by atoms with Crippen LogP contribution >= 0.6 is 0 Å². The normalized spacial score (nSPS) is 12.8. The van der Waals surface area contributed by atoms with Crippen LogP contribution in [0, 0.1) is 11.3 Å². The number of rotatable bonds is 25. The van der Waals surface area contributed by atoms with Crippen LogP contribution in [0.4, 0.5) is 0 Å². The highest BCUT2D eigenvalue weighted by molar-refractivity contribution is 5.69. The molecule has 0 aliphatic rings. The molecular formula is C31H62O2. The van der Waals surface area contributed by atoms with Crippen molar-refractivity contribution in [1.29, 1.82) is 0 Å². The lowest BCUT2D eigenvalue weighted by Crippen LogP contribution is -2.13. The summed E-state index contributed by atoms with van der Waals surface area (Å²) in [5.41, 5.74) is 0.471. The predicted octanol–water partition coefficient (Wildman–Crippen LogP) is 11.1. The molecule has 0 aromatic carbocycles. The summed E-state index contributed by atoms with van der Waals surface area (Å²) in [6, 6.07) is 0. The Bertz CT molecular complexity index is 410. The number of hydrogen-bond donors (Lipinski definition) is 1. The van der Waals surface area contributed by atoms with Crippen molar-refractivity contribution in [3.63, 3.8) is 0 Å². The SMILES string of the molecule is CCCCCCCCCCCCCCCCC(CCCCCCCCCC(C)(C)C)C(=O)O. The fourth-order valence-electron chi connectivity index (χ4n) is 4.91. The highest BCUT2D eigenvalue weighted by Gasteiger charge is 2.16. The molecule has 1 atom stereocenters. The van der Waals surface area contributed by atoms with Gasteiger partial charge in [0.15, 0.2) is 0 Å². The van der Waals surface area contributed by atoms with Crippen molar-refractivity contribution >= 4 is 5.97 Å². The van der Waals surface area contributed by atoms with Gasteiger partial charge in [0.05, 0.1) is 5.92 Å². The average molecular weight is 467 g/mol. The van der Waals surface area contributed by atoms with Gasteiger partial charge in [-0.2, -0.15) is 0 Å². The maximum atomic E-state index is 11.6. The van der Waals surface area contributed by atoms with Crippen LogP contribution in [0.15, 0.2) is 0 Å². The van der Waals surface area contributed by atoms with E-state index in [1.54, 1.807) is 0 Å². The van der Waals surface area contributed by atoms with Crippen LogP contribution in [0.3, 0.4) is 0 Å². The molecule has 1 N–H and O–H groups in total. The van der Waals surface area contributed by atoms with E-state index in [-0.39, 0.29) is 5.92 Å². The van der Waals surface area contributed by atoms with Gasteiger partial charge < -0.3 is 5.11 Å². The first-order chi connectivity index (χ1) is 15.9. The Morgan fingerprint density at radius 2 is 0.848 bits per heavy atom. The molecule has 1 unspecified atom stereocenters. The molecule has 2 heteroatoms. The molecule has 0 saturated carbocycles. The van der Waals surface area contributed by atoms with Gasteiger partial charge in [-0.1, -0.05) is 163 Å². The van der Waals surface area contributed by atoms with E-state index in [2.05, 4.69) is 27.7 Å². The summed E-state index contributed by atoms with van der Waals surface area (Å²) in [5.74, 6) is -0.666. The smallest absolute Gasteiger partial charge is 0.306 e. The summed E-state index contributed by atoms with van der Waals surface area (Å²) < 4.78 is 0. The standard InChI is InChI=1S/C31H62O2/c1-5-6-7-8-9-10-11-12-13-14-15-17-20-23-26-29(30(32)33)27-24-21-18-16-19-22-25-28-31(2,3)4/h29H,5-28H2,1-4H3,(H,32,33). The minimum absolute atomic E-state index is 0.103. The van der Waals surface area contributed by atoms with Crippen molar-refractivity contribution in [3.8, 4) is 0 Å². The molecule has 0 heterocycles. The van der Waals surface area contributed by atoms with E-state index in [4.69, 9.17) is 0 Å². The van der Waals surface area contributed by atoms with Crippen LogP contribution in [0.1, 0.15) is 182 Å². The summed E-state index contributed by atoms with van der Waals surface area (Å²) in [7, 11) is 0. The van der Waals surface area contributed by atoms with Gasteiger partial charge in [0.1, 0.15) is 0 Å². The first kappa shape index (κ1) is 32.5. The van der Waals surface area contributed by atoms with E-state index in [0.717, 1.165) is 25.7 Å². The second-order valence-corrected chi connectivity index (χ2v) is 12.0. The number of carboxylic acids is 1. The third-order valence-corrected chi connectivity index (χ3v) is 7.23. The van der Waals surface area contributed by atoms with E-state index < -0.39 is 5.97 Å². The van der Waals surface area contributed by atoms with Crippen LogP contribution in [0.2, 0.25) is 0 Å². The lowest BCUT2D eigenvalue weighted by atomic mass is 9.89. The Labute approximate surface area is 209 Å². The van der Waals surface area contributed by atoms with Crippen molar-refractivity contribution in [1.82, 2.24) is 0 Å². The number of hydrogen-bond acceptors (Lipinski definition) is 1. The van der Waals surface area contributed by atoms with Crippen molar-refractivity contribution in [2.24, 2.45) is 11.3 Å². The second kappa shape index (κ2) is 23.2. The van der Waals surface area contributed by atoms with Gasteiger partial charge in [0.25, 0.3) is 0 Å². The molecular weight excluding hydrogens is 404 g/mol. The molecule has 2 nitrogen and oxygen atoms in total. The third-order valence-electron chi connectivity index (χ3n) is 7.23. The van der Waals surface area contributed by atoms with Crippen molar-refractivity contribution in [3.05, 3.63) is 0 Å². The van der Waals surface area contributed by atoms with Crippen molar-refractivity contribution in [2.75, 3.05) is 0 Å². The monoisotopic (exact) mass is 466 g/mol. The lowest BCUT2D eigenvalue weighted by molar-refractivity contribution is -0.142. The van der Waals surface area contributed by atoms with E-state index in [0.29, 0.717) is 5.41 Å². The van der Waals surface area contributed by atoms with Gasteiger partial charge in [-0.3, -0.25) is 4.79 Å². The molecule has 0 spiro atoms. The molecule has 33 heavy (non-hydrogen) atoms. The molecule has 0 fully saturated rings.